The fourth-order valence-electron chi connectivity index (χ4n) is 3.56. The highest BCUT2D eigenvalue weighted by molar-refractivity contribution is 6.51. The van der Waals surface area contributed by atoms with Gasteiger partial charge in [-0.1, -0.05) is 17.7 Å². The van der Waals surface area contributed by atoms with Crippen molar-refractivity contribution in [2.45, 2.75) is 19.3 Å². The molecule has 0 saturated carbocycles. The van der Waals surface area contributed by atoms with Gasteiger partial charge in [0.15, 0.2) is 0 Å². The second-order valence-corrected chi connectivity index (χ2v) is 7.61. The largest absolute Gasteiger partial charge is 0.573 e. The Bertz CT molecular complexity index is 1260. The molecule has 1 amide bonds. The van der Waals surface area contributed by atoms with E-state index < -0.39 is 35.6 Å². The summed E-state index contributed by atoms with van der Waals surface area (Å²) in [6.07, 6.45) is -4.95. The molecule has 1 atom stereocenters. The van der Waals surface area contributed by atoms with Crippen LogP contribution in [0.3, 0.4) is 0 Å². The zero-order valence-electron chi connectivity index (χ0n) is 16.9. The number of hydrogen-bond acceptors (Lipinski definition) is 5. The van der Waals surface area contributed by atoms with E-state index in [1.807, 2.05) is 0 Å². The molecule has 1 saturated heterocycles. The minimum Gasteiger partial charge on any atom is -0.507 e. The van der Waals surface area contributed by atoms with Gasteiger partial charge in [-0.25, -0.2) is 0 Å². The first-order valence-corrected chi connectivity index (χ1v) is 9.92. The van der Waals surface area contributed by atoms with Gasteiger partial charge in [0.25, 0.3) is 11.7 Å². The maximum absolute atomic E-state index is 13.0. The second kappa shape index (κ2) is 8.32. The van der Waals surface area contributed by atoms with Crippen molar-refractivity contribution in [3.63, 3.8) is 0 Å². The van der Waals surface area contributed by atoms with Crippen molar-refractivity contribution >= 4 is 34.7 Å². The molecule has 4 rings (SSSR count). The van der Waals surface area contributed by atoms with E-state index in [-0.39, 0.29) is 22.6 Å². The molecule has 1 aliphatic rings. The highest BCUT2D eigenvalue weighted by atomic mass is 35.5. The Balaban J connectivity index is 1.88. The third-order valence-electron chi connectivity index (χ3n) is 4.92. The molecule has 170 valence electrons. The quantitative estimate of drug-likeness (QED) is 0.293. The van der Waals surface area contributed by atoms with Crippen LogP contribution < -0.4 is 9.64 Å². The van der Waals surface area contributed by atoms with Crippen molar-refractivity contribution in [2.24, 2.45) is 0 Å². The highest BCUT2D eigenvalue weighted by Crippen LogP contribution is 2.43. The van der Waals surface area contributed by atoms with Gasteiger partial charge >= 0.3 is 6.36 Å². The second-order valence-electron chi connectivity index (χ2n) is 7.17. The summed E-state index contributed by atoms with van der Waals surface area (Å²) in [5.74, 6) is -2.51. The van der Waals surface area contributed by atoms with E-state index in [1.165, 1.54) is 42.5 Å². The van der Waals surface area contributed by atoms with Crippen molar-refractivity contribution in [3.8, 4) is 5.75 Å². The number of ketones is 1. The normalized spacial score (nSPS) is 18.1. The lowest BCUT2D eigenvalue weighted by Gasteiger charge is -2.24. The number of rotatable bonds is 4. The Morgan fingerprint density at radius 1 is 1.09 bits per heavy atom. The third kappa shape index (κ3) is 4.45. The van der Waals surface area contributed by atoms with Crippen LogP contribution in [-0.4, -0.2) is 23.2 Å². The van der Waals surface area contributed by atoms with Crippen molar-refractivity contribution in [1.29, 1.82) is 0 Å². The molecule has 6 nitrogen and oxygen atoms in total. The van der Waals surface area contributed by atoms with Crippen LogP contribution in [0.15, 0.2) is 70.7 Å². The van der Waals surface area contributed by atoms with Crippen LogP contribution in [0, 0.1) is 6.92 Å². The van der Waals surface area contributed by atoms with E-state index in [2.05, 4.69) is 4.74 Å². The number of alkyl halides is 3. The van der Waals surface area contributed by atoms with Gasteiger partial charge in [0, 0.05) is 22.3 Å². The number of Topliss-reactive ketones (excluding diaryl/α,β-unsaturated/α-hetero) is 1. The highest BCUT2D eigenvalue weighted by Gasteiger charge is 2.48. The van der Waals surface area contributed by atoms with Gasteiger partial charge in [0.2, 0.25) is 0 Å². The number of halogens is 4. The molecule has 0 spiro atoms. The van der Waals surface area contributed by atoms with Crippen LogP contribution in [-0.2, 0) is 9.59 Å². The summed E-state index contributed by atoms with van der Waals surface area (Å²) < 4.78 is 47.7. The van der Waals surface area contributed by atoms with Crippen molar-refractivity contribution in [1.82, 2.24) is 0 Å². The Kier molecular flexibility index (Phi) is 5.67. The zero-order valence-corrected chi connectivity index (χ0v) is 17.6. The number of furan rings is 1. The van der Waals surface area contributed by atoms with Crippen LogP contribution in [0.5, 0.6) is 5.75 Å². The minimum absolute atomic E-state index is 0.0481. The van der Waals surface area contributed by atoms with Crippen LogP contribution in [0.2, 0.25) is 5.02 Å². The predicted molar refractivity (Wildman–Crippen MR) is 113 cm³/mol. The number of anilines is 1. The van der Waals surface area contributed by atoms with Crippen molar-refractivity contribution in [3.05, 3.63) is 88.3 Å². The maximum atomic E-state index is 13.0. The molecule has 2 heterocycles. The number of aliphatic hydroxyl groups is 1. The van der Waals surface area contributed by atoms with Crippen LogP contribution in [0.1, 0.15) is 23.1 Å². The average Bonchev–Trinajstić information content (AvgIpc) is 3.28. The number of benzene rings is 2. The number of amides is 1. The predicted octanol–water partition coefficient (Wildman–Crippen LogP) is 5.77. The standard InChI is InChI=1S/C23H15ClF3NO5/c1-12-5-10-17(32-12)19-18(20(29)13-6-8-14(24)9-7-13)21(30)22(31)28(19)15-3-2-4-16(11-15)33-23(25,26)27/h2-11,19,29H,1H3/b20-18-. The fourth-order valence-corrected chi connectivity index (χ4v) is 3.69. The summed E-state index contributed by atoms with van der Waals surface area (Å²) in [6.45, 7) is 1.65. The molecule has 0 aliphatic carbocycles. The Morgan fingerprint density at radius 2 is 1.79 bits per heavy atom. The smallest absolute Gasteiger partial charge is 0.507 e. The molecular formula is C23H15ClF3NO5. The van der Waals surface area contributed by atoms with Crippen molar-refractivity contribution in [2.75, 3.05) is 4.90 Å². The topological polar surface area (TPSA) is 80.0 Å². The first-order valence-electron chi connectivity index (χ1n) is 9.54. The summed E-state index contributed by atoms with van der Waals surface area (Å²) in [7, 11) is 0. The van der Waals surface area contributed by atoms with Gasteiger partial charge in [-0.05, 0) is 55.5 Å². The number of carbonyl (C=O) groups is 2. The molecule has 1 N–H and O–H groups in total. The van der Waals surface area contributed by atoms with Crippen LogP contribution in [0.4, 0.5) is 18.9 Å². The number of nitrogens with zero attached hydrogens (tertiary/aromatic N) is 1. The summed E-state index contributed by atoms with van der Waals surface area (Å²) in [5.41, 5.74) is -0.105. The fraction of sp³-hybridized carbons (Fsp3) is 0.130. The van der Waals surface area contributed by atoms with E-state index in [0.717, 1.165) is 17.0 Å². The average molecular weight is 478 g/mol. The van der Waals surface area contributed by atoms with Crippen LogP contribution >= 0.6 is 11.6 Å². The summed E-state index contributed by atoms with van der Waals surface area (Å²) in [6, 6.07) is 12.4. The first-order chi connectivity index (χ1) is 15.5. The summed E-state index contributed by atoms with van der Waals surface area (Å²) >= 11 is 5.89. The maximum Gasteiger partial charge on any atom is 0.573 e. The summed E-state index contributed by atoms with van der Waals surface area (Å²) in [4.78, 5) is 26.9. The Morgan fingerprint density at radius 3 is 2.39 bits per heavy atom. The molecule has 10 heteroatoms. The molecule has 33 heavy (non-hydrogen) atoms. The SMILES string of the molecule is Cc1ccc(C2/C(=C(/O)c3ccc(Cl)cc3)C(=O)C(=O)N2c2cccc(OC(F)(F)F)c2)o1. The van der Waals surface area contributed by atoms with Gasteiger partial charge in [-0.2, -0.15) is 0 Å². The van der Waals surface area contributed by atoms with Gasteiger partial charge in [-0.15, -0.1) is 13.2 Å². The Labute approximate surface area is 190 Å². The molecule has 2 aromatic carbocycles. The zero-order chi connectivity index (χ0) is 23.9. The number of aliphatic hydroxyl groups excluding tert-OH is 1. The third-order valence-corrected chi connectivity index (χ3v) is 5.17. The summed E-state index contributed by atoms with van der Waals surface area (Å²) in [5, 5.41) is 11.3. The number of ether oxygens (including phenoxy) is 1. The lowest BCUT2D eigenvalue weighted by Crippen LogP contribution is -2.29. The lowest BCUT2D eigenvalue weighted by molar-refractivity contribution is -0.274. The van der Waals surface area contributed by atoms with Gasteiger partial charge in [0.05, 0.1) is 5.57 Å². The van der Waals surface area contributed by atoms with E-state index in [4.69, 9.17) is 16.0 Å². The molecule has 1 aromatic heterocycles. The molecular weight excluding hydrogens is 463 g/mol. The van der Waals surface area contributed by atoms with Crippen LogP contribution in [0.25, 0.3) is 5.76 Å². The molecule has 0 bridgehead atoms. The monoisotopic (exact) mass is 477 g/mol. The van der Waals surface area contributed by atoms with E-state index in [9.17, 15) is 27.9 Å². The molecule has 0 radical (unpaired) electrons. The number of hydrogen-bond donors (Lipinski definition) is 1. The molecule has 1 unspecified atom stereocenters. The minimum atomic E-state index is -4.95. The van der Waals surface area contributed by atoms with Gasteiger partial charge in [-0.3, -0.25) is 14.5 Å². The van der Waals surface area contributed by atoms with E-state index in [1.54, 1.807) is 13.0 Å². The van der Waals surface area contributed by atoms with Crippen molar-refractivity contribution < 1.29 is 37.0 Å². The first kappa shape index (κ1) is 22.5. The molecule has 3 aromatic rings. The van der Waals surface area contributed by atoms with E-state index in [0.29, 0.717) is 10.8 Å². The van der Waals surface area contributed by atoms with Gasteiger partial charge < -0.3 is 14.3 Å². The Hall–Kier alpha value is -3.72. The molecule has 1 fully saturated rings. The van der Waals surface area contributed by atoms with E-state index >= 15 is 0 Å². The number of carbonyl (C=O) groups excluding carboxylic acids is 2. The number of aryl methyl sites for hydroxylation is 1. The lowest BCUT2D eigenvalue weighted by atomic mass is 9.99. The van der Waals surface area contributed by atoms with Gasteiger partial charge in [0.1, 0.15) is 29.1 Å². The molecule has 1 aliphatic heterocycles.